The van der Waals surface area contributed by atoms with E-state index in [4.69, 9.17) is 18.9 Å². The number of rotatable bonds is 6. The summed E-state index contributed by atoms with van der Waals surface area (Å²) in [7, 11) is 1.49. The van der Waals surface area contributed by atoms with Crippen molar-refractivity contribution >= 4 is 52.2 Å². The van der Waals surface area contributed by atoms with Gasteiger partial charge in [-0.25, -0.2) is 9.69 Å². The lowest BCUT2D eigenvalue weighted by molar-refractivity contribution is -0.122. The standard InChI is InChI=1S/C22H17IN2O7/c1-3-6-30-19-15(23)8-12(9-18(19)29-2)7-14-20(26)24-22(28)25(21(14)27)13-4-5-16-17(10-13)32-11-31-16/h3-5,7-10H,1,6,11H2,2H3,(H,24,26,28)/b14-7+. The first kappa shape index (κ1) is 21.7. The van der Waals surface area contributed by atoms with Gasteiger partial charge in [0.2, 0.25) is 6.79 Å². The fraction of sp³-hybridized carbons (Fsp3) is 0.136. The molecule has 1 fully saturated rings. The zero-order valence-electron chi connectivity index (χ0n) is 16.8. The van der Waals surface area contributed by atoms with Crippen LogP contribution in [0.4, 0.5) is 10.5 Å². The van der Waals surface area contributed by atoms with Gasteiger partial charge < -0.3 is 18.9 Å². The second kappa shape index (κ2) is 8.91. The lowest BCUT2D eigenvalue weighted by atomic mass is 10.1. The largest absolute Gasteiger partial charge is 0.493 e. The molecule has 164 valence electrons. The van der Waals surface area contributed by atoms with Gasteiger partial charge in [-0.05, 0) is 58.5 Å². The third-order valence-corrected chi connectivity index (χ3v) is 5.43. The van der Waals surface area contributed by atoms with Crippen molar-refractivity contribution in [1.29, 1.82) is 0 Å². The van der Waals surface area contributed by atoms with Gasteiger partial charge in [-0.1, -0.05) is 12.7 Å². The molecule has 0 atom stereocenters. The van der Waals surface area contributed by atoms with E-state index >= 15 is 0 Å². The highest BCUT2D eigenvalue weighted by atomic mass is 127. The van der Waals surface area contributed by atoms with Crippen LogP contribution in [0, 0.1) is 3.57 Å². The smallest absolute Gasteiger partial charge is 0.335 e. The first-order chi connectivity index (χ1) is 15.4. The predicted molar refractivity (Wildman–Crippen MR) is 123 cm³/mol. The number of nitrogens with zero attached hydrogens (tertiary/aromatic N) is 1. The fourth-order valence-corrected chi connectivity index (χ4v) is 3.97. The molecular weight excluding hydrogens is 531 g/mol. The minimum atomic E-state index is -0.851. The fourth-order valence-electron chi connectivity index (χ4n) is 3.19. The van der Waals surface area contributed by atoms with Gasteiger partial charge in [0.15, 0.2) is 23.0 Å². The molecule has 1 N–H and O–H groups in total. The summed E-state index contributed by atoms with van der Waals surface area (Å²) in [6.45, 7) is 3.97. The van der Waals surface area contributed by atoms with Crippen LogP contribution in [0.25, 0.3) is 6.08 Å². The molecule has 0 spiro atoms. The van der Waals surface area contributed by atoms with Gasteiger partial charge in [-0.2, -0.15) is 0 Å². The maximum Gasteiger partial charge on any atom is 0.335 e. The molecule has 4 rings (SSSR count). The highest BCUT2D eigenvalue weighted by Gasteiger charge is 2.37. The minimum Gasteiger partial charge on any atom is -0.493 e. The van der Waals surface area contributed by atoms with Crippen molar-refractivity contribution in [3.63, 3.8) is 0 Å². The number of carbonyl (C=O) groups is 3. The lowest BCUT2D eigenvalue weighted by Gasteiger charge is -2.26. The molecule has 10 heteroatoms. The highest BCUT2D eigenvalue weighted by Crippen LogP contribution is 2.37. The minimum absolute atomic E-state index is 0.0511. The summed E-state index contributed by atoms with van der Waals surface area (Å²) in [4.78, 5) is 38.9. The zero-order chi connectivity index (χ0) is 22.8. The number of carbonyl (C=O) groups excluding carboxylic acids is 3. The van der Waals surface area contributed by atoms with Gasteiger partial charge in [-0.3, -0.25) is 14.9 Å². The van der Waals surface area contributed by atoms with Crippen LogP contribution >= 0.6 is 22.6 Å². The monoisotopic (exact) mass is 548 g/mol. The number of anilines is 1. The van der Waals surface area contributed by atoms with E-state index in [1.54, 1.807) is 24.3 Å². The van der Waals surface area contributed by atoms with Gasteiger partial charge >= 0.3 is 6.03 Å². The van der Waals surface area contributed by atoms with Crippen LogP contribution in [-0.2, 0) is 9.59 Å². The Labute approximate surface area is 196 Å². The Morgan fingerprint density at radius 2 is 1.97 bits per heavy atom. The van der Waals surface area contributed by atoms with Crippen molar-refractivity contribution in [1.82, 2.24) is 5.32 Å². The Morgan fingerprint density at radius 3 is 2.72 bits per heavy atom. The van der Waals surface area contributed by atoms with Gasteiger partial charge in [-0.15, -0.1) is 0 Å². The van der Waals surface area contributed by atoms with Crippen LogP contribution in [0.1, 0.15) is 5.56 Å². The number of fused-ring (bicyclic) bond motifs is 1. The molecule has 2 aromatic carbocycles. The number of benzene rings is 2. The van der Waals surface area contributed by atoms with Crippen LogP contribution in [0.15, 0.2) is 48.6 Å². The summed E-state index contributed by atoms with van der Waals surface area (Å²) in [6, 6.07) is 7.15. The molecule has 1 saturated heterocycles. The van der Waals surface area contributed by atoms with Gasteiger partial charge in [0.25, 0.3) is 11.8 Å². The van der Waals surface area contributed by atoms with E-state index in [1.807, 2.05) is 0 Å². The quantitative estimate of drug-likeness (QED) is 0.256. The van der Waals surface area contributed by atoms with Crippen molar-refractivity contribution in [2.24, 2.45) is 0 Å². The van der Waals surface area contributed by atoms with Gasteiger partial charge in [0.05, 0.1) is 16.4 Å². The molecule has 2 aromatic rings. The number of amides is 4. The van der Waals surface area contributed by atoms with Crippen molar-refractivity contribution in [3.8, 4) is 23.0 Å². The summed E-state index contributed by atoms with van der Waals surface area (Å²) in [6.07, 6.45) is 3.00. The number of halogens is 1. The second-order valence-corrected chi connectivity index (χ2v) is 7.79. The molecule has 2 heterocycles. The van der Waals surface area contributed by atoms with E-state index in [0.717, 1.165) is 4.90 Å². The molecule has 0 saturated carbocycles. The van der Waals surface area contributed by atoms with Crippen molar-refractivity contribution in [2.75, 3.05) is 25.4 Å². The first-order valence-electron chi connectivity index (χ1n) is 9.35. The molecule has 0 radical (unpaired) electrons. The summed E-state index contributed by atoms with van der Waals surface area (Å²) in [5.74, 6) is 0.298. The molecular formula is C22H17IN2O7. The van der Waals surface area contributed by atoms with Crippen molar-refractivity contribution in [2.45, 2.75) is 0 Å². The number of urea groups is 1. The molecule has 4 amide bonds. The number of barbiturate groups is 1. The number of hydrogen-bond donors (Lipinski definition) is 1. The molecule has 0 aromatic heterocycles. The molecule has 0 aliphatic carbocycles. The Hall–Kier alpha value is -3.54. The zero-order valence-corrected chi connectivity index (χ0v) is 19.0. The second-order valence-electron chi connectivity index (χ2n) is 6.63. The molecule has 0 unspecified atom stereocenters. The normalized spacial score (nSPS) is 16.2. The van der Waals surface area contributed by atoms with Crippen LogP contribution in [0.5, 0.6) is 23.0 Å². The highest BCUT2D eigenvalue weighted by molar-refractivity contribution is 14.1. The lowest BCUT2D eigenvalue weighted by Crippen LogP contribution is -2.54. The van der Waals surface area contributed by atoms with Crippen molar-refractivity contribution < 1.29 is 33.3 Å². The van der Waals surface area contributed by atoms with Gasteiger partial charge in [0.1, 0.15) is 12.2 Å². The topological polar surface area (TPSA) is 103 Å². The first-order valence-corrected chi connectivity index (χ1v) is 10.4. The summed E-state index contributed by atoms with van der Waals surface area (Å²) < 4.78 is 22.3. The Kier molecular flexibility index (Phi) is 6.04. The SMILES string of the molecule is C=CCOc1c(I)cc(/C=C2\C(=O)NC(=O)N(c3ccc4c(c3)OCO4)C2=O)cc1OC. The Morgan fingerprint density at radius 1 is 1.19 bits per heavy atom. The van der Waals surface area contributed by atoms with E-state index in [-0.39, 0.29) is 18.1 Å². The number of nitrogens with one attached hydrogen (secondary N) is 1. The molecule has 0 bridgehead atoms. The van der Waals surface area contributed by atoms with Crippen LogP contribution in [-0.4, -0.2) is 38.4 Å². The van der Waals surface area contributed by atoms with E-state index in [1.165, 1.54) is 25.3 Å². The number of methoxy groups -OCH3 is 1. The van der Waals surface area contributed by atoms with E-state index in [9.17, 15) is 14.4 Å². The van der Waals surface area contributed by atoms with E-state index in [0.29, 0.717) is 38.7 Å². The van der Waals surface area contributed by atoms with E-state index < -0.39 is 17.8 Å². The average molecular weight is 548 g/mol. The molecule has 32 heavy (non-hydrogen) atoms. The molecule has 2 aliphatic heterocycles. The van der Waals surface area contributed by atoms with Crippen molar-refractivity contribution in [3.05, 3.63) is 57.7 Å². The number of ether oxygens (including phenoxy) is 4. The number of imide groups is 2. The van der Waals surface area contributed by atoms with Crippen LogP contribution < -0.4 is 29.2 Å². The maximum atomic E-state index is 13.1. The summed E-state index contributed by atoms with van der Waals surface area (Å²) >= 11 is 2.07. The predicted octanol–water partition coefficient (Wildman–Crippen LogP) is 3.26. The van der Waals surface area contributed by atoms with E-state index in [2.05, 4.69) is 34.5 Å². The average Bonchev–Trinajstić information content (AvgIpc) is 3.23. The Balaban J connectivity index is 1.70. The van der Waals surface area contributed by atoms with Crippen LogP contribution in [0.2, 0.25) is 0 Å². The third kappa shape index (κ3) is 4.00. The number of hydrogen-bond acceptors (Lipinski definition) is 7. The third-order valence-electron chi connectivity index (χ3n) is 4.62. The summed E-state index contributed by atoms with van der Waals surface area (Å²) in [5, 5.41) is 2.20. The maximum absolute atomic E-state index is 13.1. The van der Waals surface area contributed by atoms with Crippen LogP contribution in [0.3, 0.4) is 0 Å². The summed E-state index contributed by atoms with van der Waals surface area (Å²) in [5.41, 5.74) is 0.561. The van der Waals surface area contributed by atoms with Gasteiger partial charge in [0, 0.05) is 6.07 Å². The molecule has 9 nitrogen and oxygen atoms in total. The Bertz CT molecular complexity index is 1180. The molecule has 2 aliphatic rings.